The molecule has 1 aromatic carbocycles. The molecule has 0 spiro atoms. The first kappa shape index (κ1) is 18.4. The summed E-state index contributed by atoms with van der Waals surface area (Å²) in [7, 11) is 0. The molecular formula is C22H36O. The van der Waals surface area contributed by atoms with Crippen molar-refractivity contribution in [1.29, 1.82) is 0 Å². The molecule has 0 bridgehead atoms. The summed E-state index contributed by atoms with van der Waals surface area (Å²) in [6.07, 6.45) is 15.3. The van der Waals surface area contributed by atoms with Crippen molar-refractivity contribution in [2.24, 2.45) is 5.92 Å². The Kier molecular flexibility index (Phi) is 8.57. The van der Waals surface area contributed by atoms with Crippen LogP contribution in [0.4, 0.5) is 0 Å². The summed E-state index contributed by atoms with van der Waals surface area (Å²) in [5, 5.41) is 0. The smallest absolute Gasteiger partial charge is 0.119 e. The van der Waals surface area contributed by atoms with Gasteiger partial charge in [0.25, 0.3) is 0 Å². The van der Waals surface area contributed by atoms with Crippen molar-refractivity contribution in [2.75, 3.05) is 6.61 Å². The topological polar surface area (TPSA) is 9.23 Å². The van der Waals surface area contributed by atoms with Gasteiger partial charge in [-0.3, -0.25) is 0 Å². The van der Waals surface area contributed by atoms with Gasteiger partial charge in [-0.2, -0.15) is 0 Å². The van der Waals surface area contributed by atoms with Gasteiger partial charge in [-0.05, 0) is 61.6 Å². The number of hydrogen-bond acceptors (Lipinski definition) is 1. The lowest BCUT2D eigenvalue weighted by atomic mass is 9.77. The Morgan fingerprint density at radius 2 is 1.52 bits per heavy atom. The van der Waals surface area contributed by atoms with Crippen molar-refractivity contribution in [1.82, 2.24) is 0 Å². The van der Waals surface area contributed by atoms with Gasteiger partial charge >= 0.3 is 0 Å². The van der Waals surface area contributed by atoms with E-state index in [1.165, 1.54) is 69.8 Å². The van der Waals surface area contributed by atoms with E-state index in [-0.39, 0.29) is 0 Å². The third-order valence-corrected chi connectivity index (χ3v) is 5.39. The third kappa shape index (κ3) is 6.57. The van der Waals surface area contributed by atoms with E-state index < -0.39 is 0 Å². The summed E-state index contributed by atoms with van der Waals surface area (Å²) in [5.41, 5.74) is 1.52. The Bertz CT molecular complexity index is 400. The van der Waals surface area contributed by atoms with E-state index in [0.717, 1.165) is 30.6 Å². The molecule has 1 nitrogen and oxygen atoms in total. The molecule has 0 amide bonds. The van der Waals surface area contributed by atoms with E-state index in [9.17, 15) is 0 Å². The van der Waals surface area contributed by atoms with Crippen LogP contribution < -0.4 is 4.74 Å². The van der Waals surface area contributed by atoms with Crippen LogP contribution in [0.5, 0.6) is 5.75 Å². The summed E-state index contributed by atoms with van der Waals surface area (Å²) in [5.74, 6) is 2.81. The largest absolute Gasteiger partial charge is 0.494 e. The van der Waals surface area contributed by atoms with Gasteiger partial charge in [0.15, 0.2) is 0 Å². The average molecular weight is 317 g/mol. The minimum Gasteiger partial charge on any atom is -0.494 e. The zero-order valence-corrected chi connectivity index (χ0v) is 15.4. The van der Waals surface area contributed by atoms with Crippen LogP contribution in [0.25, 0.3) is 0 Å². The van der Waals surface area contributed by atoms with Crippen LogP contribution in [0, 0.1) is 5.92 Å². The molecule has 0 unspecified atom stereocenters. The molecule has 23 heavy (non-hydrogen) atoms. The number of unbranched alkanes of at least 4 members (excludes halogenated alkanes) is 4. The maximum absolute atomic E-state index is 5.69. The van der Waals surface area contributed by atoms with Gasteiger partial charge in [0.1, 0.15) is 5.75 Å². The number of rotatable bonds is 10. The molecule has 1 heteroatoms. The third-order valence-electron chi connectivity index (χ3n) is 5.39. The second-order valence-electron chi connectivity index (χ2n) is 7.34. The molecular weight excluding hydrogens is 280 g/mol. The van der Waals surface area contributed by atoms with Crippen LogP contribution >= 0.6 is 0 Å². The summed E-state index contributed by atoms with van der Waals surface area (Å²) < 4.78 is 5.69. The van der Waals surface area contributed by atoms with Crippen molar-refractivity contribution < 1.29 is 4.74 Å². The Morgan fingerprint density at radius 3 is 2.17 bits per heavy atom. The van der Waals surface area contributed by atoms with E-state index in [4.69, 9.17) is 4.74 Å². The molecule has 0 atom stereocenters. The zero-order valence-electron chi connectivity index (χ0n) is 15.4. The number of benzene rings is 1. The normalized spacial score (nSPS) is 21.3. The predicted molar refractivity (Wildman–Crippen MR) is 100 cm³/mol. The van der Waals surface area contributed by atoms with Gasteiger partial charge in [-0.1, -0.05) is 64.5 Å². The molecule has 130 valence electrons. The average Bonchev–Trinajstić information content (AvgIpc) is 2.61. The molecule has 2 rings (SSSR count). The first-order valence-electron chi connectivity index (χ1n) is 10.1. The van der Waals surface area contributed by atoms with Crippen LogP contribution in [-0.4, -0.2) is 6.61 Å². The lowest BCUT2D eigenvalue weighted by Gasteiger charge is -2.29. The molecule has 0 aromatic heterocycles. The van der Waals surface area contributed by atoms with Gasteiger partial charge < -0.3 is 4.74 Å². The van der Waals surface area contributed by atoms with Gasteiger partial charge in [0.2, 0.25) is 0 Å². The van der Waals surface area contributed by atoms with Crippen molar-refractivity contribution >= 4 is 0 Å². The highest BCUT2D eigenvalue weighted by molar-refractivity contribution is 5.29. The molecule has 1 aliphatic carbocycles. The Hall–Kier alpha value is -0.980. The predicted octanol–water partition coefficient (Wildman–Crippen LogP) is 7.11. The van der Waals surface area contributed by atoms with Crippen molar-refractivity contribution in [3.63, 3.8) is 0 Å². The van der Waals surface area contributed by atoms with Gasteiger partial charge in [0.05, 0.1) is 6.61 Å². The van der Waals surface area contributed by atoms with E-state index in [1.54, 1.807) is 0 Å². The highest BCUT2D eigenvalue weighted by Gasteiger charge is 2.21. The fourth-order valence-corrected chi connectivity index (χ4v) is 3.88. The Morgan fingerprint density at radius 1 is 0.826 bits per heavy atom. The van der Waals surface area contributed by atoms with Gasteiger partial charge in [-0.25, -0.2) is 0 Å². The summed E-state index contributed by atoms with van der Waals surface area (Å²) in [6.45, 7) is 5.27. The monoisotopic (exact) mass is 316 g/mol. The summed E-state index contributed by atoms with van der Waals surface area (Å²) in [4.78, 5) is 0. The summed E-state index contributed by atoms with van der Waals surface area (Å²) in [6, 6.07) is 8.90. The van der Waals surface area contributed by atoms with Crippen LogP contribution in [0.15, 0.2) is 24.3 Å². The first-order chi connectivity index (χ1) is 11.3. The highest BCUT2D eigenvalue weighted by atomic mass is 16.5. The molecule has 0 heterocycles. The first-order valence-corrected chi connectivity index (χ1v) is 10.1. The van der Waals surface area contributed by atoms with E-state index in [1.807, 2.05) is 0 Å². The number of ether oxygens (including phenoxy) is 1. The minimum absolute atomic E-state index is 0.784. The summed E-state index contributed by atoms with van der Waals surface area (Å²) >= 11 is 0. The maximum Gasteiger partial charge on any atom is 0.119 e. The molecule has 0 N–H and O–H groups in total. The van der Waals surface area contributed by atoms with E-state index in [0.29, 0.717) is 0 Å². The lowest BCUT2D eigenvalue weighted by molar-refractivity contribution is 0.301. The highest BCUT2D eigenvalue weighted by Crippen LogP contribution is 2.38. The second kappa shape index (κ2) is 10.7. The van der Waals surface area contributed by atoms with E-state index in [2.05, 4.69) is 38.1 Å². The molecule has 1 aromatic rings. The molecule has 1 fully saturated rings. The van der Waals surface area contributed by atoms with Crippen molar-refractivity contribution in [3.05, 3.63) is 29.8 Å². The molecule has 0 radical (unpaired) electrons. The maximum atomic E-state index is 5.69. The molecule has 0 saturated heterocycles. The molecule has 0 aliphatic heterocycles. The Labute approximate surface area is 143 Å². The SMILES string of the molecule is CCCCCCCC1CCC(c2ccc(OCCC)cc2)CC1. The fourth-order valence-electron chi connectivity index (χ4n) is 3.88. The Balaban J connectivity index is 1.67. The molecule has 1 saturated carbocycles. The quantitative estimate of drug-likeness (QED) is 0.418. The van der Waals surface area contributed by atoms with E-state index >= 15 is 0 Å². The minimum atomic E-state index is 0.784. The van der Waals surface area contributed by atoms with Crippen LogP contribution in [0.1, 0.15) is 96.0 Å². The number of hydrogen-bond donors (Lipinski definition) is 0. The fraction of sp³-hybridized carbons (Fsp3) is 0.727. The van der Waals surface area contributed by atoms with Crippen molar-refractivity contribution in [3.8, 4) is 5.75 Å². The zero-order chi connectivity index (χ0) is 16.3. The van der Waals surface area contributed by atoms with Crippen molar-refractivity contribution in [2.45, 2.75) is 90.4 Å². The second-order valence-corrected chi connectivity index (χ2v) is 7.34. The van der Waals surface area contributed by atoms with Crippen LogP contribution in [0.3, 0.4) is 0 Å². The lowest BCUT2D eigenvalue weighted by Crippen LogP contribution is -2.13. The standard InChI is InChI=1S/C22H36O/c1-3-5-6-7-8-9-19-10-12-20(13-11-19)21-14-16-22(17-15-21)23-18-4-2/h14-17,19-20H,3-13,18H2,1-2H3. The van der Waals surface area contributed by atoms with Gasteiger partial charge in [0, 0.05) is 0 Å². The molecule has 1 aliphatic rings. The van der Waals surface area contributed by atoms with Gasteiger partial charge in [-0.15, -0.1) is 0 Å². The van der Waals surface area contributed by atoms with Crippen LogP contribution in [0.2, 0.25) is 0 Å². The van der Waals surface area contributed by atoms with Crippen LogP contribution in [-0.2, 0) is 0 Å².